The van der Waals surface area contributed by atoms with Crippen LogP contribution in [0.4, 0.5) is 0 Å². The second kappa shape index (κ2) is 4.77. The van der Waals surface area contributed by atoms with Gasteiger partial charge in [0.2, 0.25) is 5.91 Å². The Morgan fingerprint density at radius 1 is 1.37 bits per heavy atom. The van der Waals surface area contributed by atoms with Crippen molar-refractivity contribution >= 4 is 23.2 Å². The lowest BCUT2D eigenvalue weighted by Gasteiger charge is -2.23. The van der Waals surface area contributed by atoms with Crippen LogP contribution in [0.5, 0.6) is 0 Å². The predicted octanol–water partition coefficient (Wildman–Crippen LogP) is 1.28. The fraction of sp³-hybridized carbons (Fsp3) is 0.462. The molecular weight excluding hydrogens is 264 g/mol. The van der Waals surface area contributed by atoms with Crippen molar-refractivity contribution in [2.75, 3.05) is 0 Å². The lowest BCUT2D eigenvalue weighted by atomic mass is 9.82. The third-order valence-electron chi connectivity index (χ3n) is 3.97. The molecule has 1 aromatic heterocycles. The predicted molar refractivity (Wildman–Crippen MR) is 69.3 cm³/mol. The first-order valence-electron chi connectivity index (χ1n) is 6.22. The lowest BCUT2D eigenvalue weighted by molar-refractivity contribution is -0.147. The molecule has 1 fully saturated rings. The van der Waals surface area contributed by atoms with Crippen molar-refractivity contribution in [1.29, 1.82) is 0 Å². The Morgan fingerprint density at radius 2 is 2.11 bits per heavy atom. The molecule has 2 aliphatic carbocycles. The monoisotopic (exact) mass is 278 g/mol. The SMILES string of the molecule is O=C(O)C1C2C=CC(C2)C1C(=O)NCc1cscn1. The maximum Gasteiger partial charge on any atom is 0.307 e. The van der Waals surface area contributed by atoms with E-state index in [-0.39, 0.29) is 17.7 Å². The third-order valence-corrected chi connectivity index (χ3v) is 4.61. The Labute approximate surface area is 114 Å². The number of allylic oxidation sites excluding steroid dienone is 2. The molecule has 19 heavy (non-hydrogen) atoms. The minimum atomic E-state index is -0.870. The van der Waals surface area contributed by atoms with Crippen LogP contribution in [0.1, 0.15) is 12.1 Å². The molecule has 6 heteroatoms. The minimum absolute atomic E-state index is 0.0116. The number of amides is 1. The lowest BCUT2D eigenvalue weighted by Crippen LogP contribution is -2.39. The minimum Gasteiger partial charge on any atom is -0.481 e. The van der Waals surface area contributed by atoms with Crippen molar-refractivity contribution in [1.82, 2.24) is 10.3 Å². The van der Waals surface area contributed by atoms with Crippen molar-refractivity contribution in [2.24, 2.45) is 23.7 Å². The fourth-order valence-electron chi connectivity index (χ4n) is 3.14. The van der Waals surface area contributed by atoms with Crippen molar-refractivity contribution in [3.63, 3.8) is 0 Å². The number of carbonyl (C=O) groups excluding carboxylic acids is 1. The second-order valence-electron chi connectivity index (χ2n) is 5.04. The summed E-state index contributed by atoms with van der Waals surface area (Å²) in [6, 6.07) is 0. The highest BCUT2D eigenvalue weighted by Crippen LogP contribution is 2.48. The van der Waals surface area contributed by atoms with Gasteiger partial charge in [-0.05, 0) is 18.3 Å². The van der Waals surface area contributed by atoms with Crippen molar-refractivity contribution in [2.45, 2.75) is 13.0 Å². The number of carboxylic acid groups (broad SMARTS) is 1. The second-order valence-corrected chi connectivity index (χ2v) is 5.75. The van der Waals surface area contributed by atoms with E-state index in [1.807, 2.05) is 17.5 Å². The number of nitrogens with one attached hydrogen (secondary N) is 1. The Balaban J connectivity index is 1.68. The van der Waals surface area contributed by atoms with Crippen LogP contribution in [0.25, 0.3) is 0 Å². The van der Waals surface area contributed by atoms with Gasteiger partial charge in [0.25, 0.3) is 0 Å². The Bertz CT molecular complexity index is 526. The molecule has 0 aliphatic heterocycles. The molecule has 5 nitrogen and oxygen atoms in total. The molecule has 1 aromatic rings. The summed E-state index contributed by atoms with van der Waals surface area (Å²) >= 11 is 1.47. The molecule has 2 bridgehead atoms. The largest absolute Gasteiger partial charge is 0.481 e. The van der Waals surface area contributed by atoms with Crippen LogP contribution in [-0.2, 0) is 16.1 Å². The number of carbonyl (C=O) groups is 2. The van der Waals surface area contributed by atoms with E-state index < -0.39 is 17.8 Å². The normalized spacial score (nSPS) is 31.6. The number of rotatable bonds is 4. The van der Waals surface area contributed by atoms with Crippen LogP contribution in [0.3, 0.4) is 0 Å². The summed E-state index contributed by atoms with van der Waals surface area (Å²) in [6.45, 7) is 0.367. The van der Waals surface area contributed by atoms with Gasteiger partial charge in [-0.15, -0.1) is 11.3 Å². The van der Waals surface area contributed by atoms with Crippen LogP contribution < -0.4 is 5.32 Å². The number of hydrogen-bond donors (Lipinski definition) is 2. The maximum atomic E-state index is 12.2. The van der Waals surface area contributed by atoms with E-state index >= 15 is 0 Å². The number of hydrogen-bond acceptors (Lipinski definition) is 4. The topological polar surface area (TPSA) is 79.3 Å². The summed E-state index contributed by atoms with van der Waals surface area (Å²) < 4.78 is 0. The first-order chi connectivity index (χ1) is 9.16. The van der Waals surface area contributed by atoms with E-state index in [1.54, 1.807) is 5.51 Å². The van der Waals surface area contributed by atoms with Gasteiger partial charge in [-0.1, -0.05) is 12.2 Å². The standard InChI is InChI=1S/C13H14N2O3S/c16-12(14-4-9-5-19-6-15-9)10-7-1-2-8(3-7)11(10)13(17)18/h1-2,5-8,10-11H,3-4H2,(H,14,16)(H,17,18). The zero-order valence-electron chi connectivity index (χ0n) is 10.2. The molecule has 0 spiro atoms. The summed E-state index contributed by atoms with van der Waals surface area (Å²) in [7, 11) is 0. The van der Waals surface area contributed by atoms with Crippen molar-refractivity contribution in [3.8, 4) is 0 Å². The van der Waals surface area contributed by atoms with Crippen LogP contribution in [-0.4, -0.2) is 22.0 Å². The van der Waals surface area contributed by atoms with Gasteiger partial charge in [-0.3, -0.25) is 9.59 Å². The third kappa shape index (κ3) is 2.16. The molecule has 2 aliphatic rings. The molecule has 1 amide bonds. The Kier molecular flexibility index (Phi) is 3.10. The van der Waals surface area contributed by atoms with Crippen LogP contribution >= 0.6 is 11.3 Å². The van der Waals surface area contributed by atoms with E-state index in [0.29, 0.717) is 6.54 Å². The van der Waals surface area contributed by atoms with Gasteiger partial charge in [0.15, 0.2) is 0 Å². The molecular formula is C13H14N2O3S. The quantitative estimate of drug-likeness (QED) is 0.813. The van der Waals surface area contributed by atoms with Gasteiger partial charge >= 0.3 is 5.97 Å². The molecule has 100 valence electrons. The number of fused-ring (bicyclic) bond motifs is 2. The molecule has 4 unspecified atom stereocenters. The number of carboxylic acids is 1. The molecule has 3 rings (SSSR count). The van der Waals surface area contributed by atoms with E-state index in [9.17, 15) is 14.7 Å². The van der Waals surface area contributed by atoms with E-state index in [4.69, 9.17) is 0 Å². The van der Waals surface area contributed by atoms with E-state index in [2.05, 4.69) is 10.3 Å². The number of aromatic nitrogens is 1. The van der Waals surface area contributed by atoms with Gasteiger partial charge in [0, 0.05) is 5.38 Å². The number of aliphatic carboxylic acids is 1. The molecule has 0 radical (unpaired) electrons. The summed E-state index contributed by atoms with van der Waals surface area (Å²) in [5.41, 5.74) is 2.52. The molecule has 4 atom stereocenters. The molecule has 1 saturated carbocycles. The average molecular weight is 278 g/mol. The number of thiazole rings is 1. The van der Waals surface area contributed by atoms with Crippen molar-refractivity contribution in [3.05, 3.63) is 28.7 Å². The zero-order chi connectivity index (χ0) is 13.4. The van der Waals surface area contributed by atoms with Gasteiger partial charge < -0.3 is 10.4 Å². The van der Waals surface area contributed by atoms with Crippen LogP contribution in [0, 0.1) is 23.7 Å². The molecule has 2 N–H and O–H groups in total. The maximum absolute atomic E-state index is 12.2. The van der Waals surface area contributed by atoms with E-state index in [0.717, 1.165) is 12.1 Å². The van der Waals surface area contributed by atoms with Crippen LogP contribution in [0.2, 0.25) is 0 Å². The van der Waals surface area contributed by atoms with Gasteiger partial charge in [-0.2, -0.15) is 0 Å². The van der Waals surface area contributed by atoms with Gasteiger partial charge in [0.1, 0.15) is 0 Å². The van der Waals surface area contributed by atoms with E-state index in [1.165, 1.54) is 11.3 Å². The van der Waals surface area contributed by atoms with Gasteiger partial charge in [0.05, 0.1) is 29.6 Å². The summed E-state index contributed by atoms with van der Waals surface area (Å²) in [5.74, 6) is -1.97. The van der Waals surface area contributed by atoms with Gasteiger partial charge in [-0.25, -0.2) is 4.98 Å². The summed E-state index contributed by atoms with van der Waals surface area (Å²) in [5, 5.41) is 14.0. The molecule has 1 heterocycles. The highest BCUT2D eigenvalue weighted by atomic mass is 32.1. The highest BCUT2D eigenvalue weighted by Gasteiger charge is 2.51. The first kappa shape index (κ1) is 12.3. The highest BCUT2D eigenvalue weighted by molar-refractivity contribution is 7.07. The smallest absolute Gasteiger partial charge is 0.307 e. The average Bonchev–Trinajstić information content (AvgIpc) is 3.10. The molecule has 0 aromatic carbocycles. The Hall–Kier alpha value is -1.69. The summed E-state index contributed by atoms with van der Waals surface area (Å²) in [4.78, 5) is 27.6. The summed E-state index contributed by atoms with van der Waals surface area (Å²) in [6.07, 6.45) is 4.70. The molecule has 0 saturated heterocycles. The fourth-order valence-corrected chi connectivity index (χ4v) is 3.70. The van der Waals surface area contributed by atoms with Crippen LogP contribution in [0.15, 0.2) is 23.0 Å². The Morgan fingerprint density at radius 3 is 2.74 bits per heavy atom. The van der Waals surface area contributed by atoms with Crippen molar-refractivity contribution < 1.29 is 14.7 Å². The number of nitrogens with zero attached hydrogens (tertiary/aromatic N) is 1. The zero-order valence-corrected chi connectivity index (χ0v) is 11.0. The first-order valence-corrected chi connectivity index (χ1v) is 7.17.